The predicted molar refractivity (Wildman–Crippen MR) is 154 cm³/mol. The van der Waals surface area contributed by atoms with Gasteiger partial charge in [-0.15, -0.1) is 0 Å². The molecule has 1 atom stereocenters. The van der Waals surface area contributed by atoms with Gasteiger partial charge in [0, 0.05) is 40.1 Å². The van der Waals surface area contributed by atoms with Gasteiger partial charge < -0.3 is 5.73 Å². The topological polar surface area (TPSA) is 63.1 Å². The Morgan fingerprint density at radius 1 is 0.579 bits per heavy atom. The molecule has 0 radical (unpaired) electrons. The van der Waals surface area contributed by atoms with Crippen LogP contribution in [-0.4, -0.2) is 6.34 Å². The van der Waals surface area contributed by atoms with Crippen LogP contribution >= 0.6 is 0 Å². The summed E-state index contributed by atoms with van der Waals surface area (Å²) in [7, 11) is 0. The van der Waals surface area contributed by atoms with Gasteiger partial charge in [-0.3, -0.25) is 0 Å². The van der Waals surface area contributed by atoms with E-state index in [0.717, 1.165) is 39.1 Å². The standard InChI is InChI=1S/C33H28N5/c34-24-26-20-22-27(23-21-26)31-18-10-11-19-32(31)38(25-35-36-37-38)33(28-12-4-1-5-13-28,29-14-6-2-7-15-29)30-16-8-3-9-17-30/h1-23,25H,24,34H2/q+1. The molecule has 6 rings (SSSR count). The van der Waals surface area contributed by atoms with Gasteiger partial charge in [-0.05, 0) is 17.2 Å². The molecule has 1 aliphatic rings. The second-order valence-electron chi connectivity index (χ2n) is 9.32. The van der Waals surface area contributed by atoms with Gasteiger partial charge in [0.1, 0.15) is 0 Å². The highest BCUT2D eigenvalue weighted by molar-refractivity contribution is 5.88. The summed E-state index contributed by atoms with van der Waals surface area (Å²) in [5, 5.41) is 13.7. The summed E-state index contributed by atoms with van der Waals surface area (Å²) in [4.78, 5) is 0. The van der Waals surface area contributed by atoms with E-state index >= 15 is 0 Å². The Balaban J connectivity index is 1.74. The lowest BCUT2D eigenvalue weighted by Crippen LogP contribution is -2.60. The normalized spacial score (nSPS) is 16.6. The van der Waals surface area contributed by atoms with Crippen LogP contribution in [-0.2, 0) is 12.1 Å². The summed E-state index contributed by atoms with van der Waals surface area (Å²) in [5.41, 5.74) is 12.5. The zero-order chi connectivity index (χ0) is 25.8. The predicted octanol–water partition coefficient (Wildman–Crippen LogP) is 7.44. The van der Waals surface area contributed by atoms with E-state index in [2.05, 4.69) is 132 Å². The first-order chi connectivity index (χ1) is 18.8. The van der Waals surface area contributed by atoms with Gasteiger partial charge in [0.2, 0.25) is 11.9 Å². The van der Waals surface area contributed by atoms with E-state index in [1.54, 1.807) is 0 Å². The van der Waals surface area contributed by atoms with Crippen LogP contribution in [0.2, 0.25) is 0 Å². The number of nitrogens with two attached hydrogens (primary N) is 1. The second kappa shape index (κ2) is 9.98. The molecule has 0 bridgehead atoms. The molecule has 0 amide bonds. The van der Waals surface area contributed by atoms with E-state index in [1.165, 1.54) is 0 Å². The third kappa shape index (κ3) is 3.68. The number of rotatable bonds is 7. The quantitative estimate of drug-likeness (QED) is 0.185. The molecule has 5 nitrogen and oxygen atoms in total. The Morgan fingerprint density at radius 2 is 1.08 bits per heavy atom. The fourth-order valence-corrected chi connectivity index (χ4v) is 5.62. The molecular formula is C33H28N5+. The van der Waals surface area contributed by atoms with Gasteiger partial charge in [-0.2, -0.15) is 0 Å². The molecule has 1 heterocycles. The van der Waals surface area contributed by atoms with Crippen molar-refractivity contribution >= 4 is 12.0 Å². The van der Waals surface area contributed by atoms with E-state index in [4.69, 9.17) is 11.0 Å². The van der Waals surface area contributed by atoms with Crippen molar-refractivity contribution in [1.82, 2.24) is 4.59 Å². The monoisotopic (exact) mass is 494 g/mol. The zero-order valence-corrected chi connectivity index (χ0v) is 20.9. The van der Waals surface area contributed by atoms with Crippen LogP contribution in [0.5, 0.6) is 0 Å². The van der Waals surface area contributed by atoms with Crippen LogP contribution in [0, 0.1) is 0 Å². The highest BCUT2D eigenvalue weighted by Crippen LogP contribution is 2.52. The number of quaternary nitrogens is 1. The zero-order valence-electron chi connectivity index (χ0n) is 20.9. The summed E-state index contributed by atoms with van der Waals surface area (Å²) in [6, 6.07) is 48.4. The highest BCUT2D eigenvalue weighted by Gasteiger charge is 2.60. The van der Waals surface area contributed by atoms with Crippen molar-refractivity contribution in [2.75, 3.05) is 0 Å². The van der Waals surface area contributed by atoms with Crippen molar-refractivity contribution in [2.45, 2.75) is 12.1 Å². The van der Waals surface area contributed by atoms with Gasteiger partial charge in [0.15, 0.2) is 5.69 Å². The summed E-state index contributed by atoms with van der Waals surface area (Å²) in [6.07, 6.45) is 1.86. The van der Waals surface area contributed by atoms with Crippen LogP contribution < -0.4 is 10.3 Å². The largest absolute Gasteiger partial charge is 0.326 e. The third-order valence-electron chi connectivity index (χ3n) is 7.31. The van der Waals surface area contributed by atoms with Crippen LogP contribution in [0.3, 0.4) is 0 Å². The second-order valence-corrected chi connectivity index (χ2v) is 9.32. The van der Waals surface area contributed by atoms with Crippen LogP contribution in [0.1, 0.15) is 22.3 Å². The minimum absolute atomic E-state index is 0.0137. The van der Waals surface area contributed by atoms with E-state index < -0.39 is 5.54 Å². The Labute approximate surface area is 222 Å². The van der Waals surface area contributed by atoms with E-state index in [9.17, 15) is 0 Å². The van der Waals surface area contributed by atoms with E-state index in [0.29, 0.717) is 6.54 Å². The van der Waals surface area contributed by atoms with E-state index in [-0.39, 0.29) is 4.59 Å². The van der Waals surface area contributed by atoms with Gasteiger partial charge in [-0.1, -0.05) is 137 Å². The lowest BCUT2D eigenvalue weighted by molar-refractivity contribution is 0.278. The fourth-order valence-electron chi connectivity index (χ4n) is 5.62. The molecule has 1 aliphatic heterocycles. The summed E-state index contributed by atoms with van der Waals surface area (Å²) in [5.74, 6) is 0. The molecule has 0 fully saturated rings. The minimum atomic E-state index is -0.819. The van der Waals surface area contributed by atoms with Crippen molar-refractivity contribution in [2.24, 2.45) is 21.3 Å². The number of para-hydroxylation sites is 1. The Morgan fingerprint density at radius 3 is 1.55 bits per heavy atom. The summed E-state index contributed by atoms with van der Waals surface area (Å²) in [6.45, 7) is 0.502. The SMILES string of the molecule is NCc1ccc(-c2ccccc2[N+]2(C(c3ccccc3)(c3ccccc3)c3ccccc3)C=NN=N2)cc1. The molecule has 0 saturated heterocycles. The number of nitrogens with zero attached hydrogens (tertiary/aromatic N) is 4. The third-order valence-corrected chi connectivity index (χ3v) is 7.31. The maximum Gasteiger partial charge on any atom is 0.246 e. The van der Waals surface area contributed by atoms with Gasteiger partial charge >= 0.3 is 0 Å². The molecule has 1 unspecified atom stereocenters. The number of hydrogen-bond donors (Lipinski definition) is 1. The van der Waals surface area contributed by atoms with Gasteiger partial charge in [-0.25, -0.2) is 0 Å². The number of benzene rings is 5. The van der Waals surface area contributed by atoms with Crippen molar-refractivity contribution in [3.05, 3.63) is 162 Å². The molecule has 5 aromatic carbocycles. The number of hydrogen-bond acceptors (Lipinski definition) is 4. The molecule has 5 heteroatoms. The molecule has 38 heavy (non-hydrogen) atoms. The summed E-state index contributed by atoms with van der Waals surface area (Å²) < 4.78 is 0.0137. The molecular weight excluding hydrogens is 466 g/mol. The Bertz CT molecular complexity index is 1470. The molecule has 0 aromatic heterocycles. The highest BCUT2D eigenvalue weighted by atomic mass is 15.8. The maximum atomic E-state index is 5.89. The van der Waals surface area contributed by atoms with Crippen molar-refractivity contribution in [3.63, 3.8) is 0 Å². The first-order valence-electron chi connectivity index (χ1n) is 12.7. The Kier molecular flexibility index (Phi) is 6.22. The smallest absolute Gasteiger partial charge is 0.246 e. The van der Waals surface area contributed by atoms with Crippen molar-refractivity contribution in [3.8, 4) is 11.1 Å². The average Bonchev–Trinajstić information content (AvgIpc) is 3.50. The molecule has 184 valence electrons. The van der Waals surface area contributed by atoms with Crippen LogP contribution in [0.4, 0.5) is 5.69 Å². The van der Waals surface area contributed by atoms with Gasteiger partial charge in [0.25, 0.3) is 0 Å². The van der Waals surface area contributed by atoms with Crippen molar-refractivity contribution < 1.29 is 0 Å². The average molecular weight is 495 g/mol. The minimum Gasteiger partial charge on any atom is -0.326 e. The molecule has 5 aromatic rings. The molecule has 2 N–H and O–H groups in total. The van der Waals surface area contributed by atoms with Crippen LogP contribution in [0.15, 0.2) is 155 Å². The summed E-state index contributed by atoms with van der Waals surface area (Å²) >= 11 is 0. The fraction of sp³-hybridized carbons (Fsp3) is 0.0606. The van der Waals surface area contributed by atoms with Crippen molar-refractivity contribution in [1.29, 1.82) is 0 Å². The van der Waals surface area contributed by atoms with Gasteiger partial charge in [0.05, 0.1) is 5.22 Å². The molecule has 0 aliphatic carbocycles. The molecule has 0 spiro atoms. The first-order valence-corrected chi connectivity index (χ1v) is 12.7. The van der Waals surface area contributed by atoms with E-state index in [1.807, 2.05) is 24.5 Å². The maximum absolute atomic E-state index is 5.89. The lowest BCUT2D eigenvalue weighted by atomic mass is 9.74. The Hall–Kier alpha value is -4.71. The first kappa shape index (κ1) is 23.7. The lowest BCUT2D eigenvalue weighted by Gasteiger charge is -2.44. The molecule has 0 saturated carbocycles. The van der Waals surface area contributed by atoms with Crippen LogP contribution in [0.25, 0.3) is 11.1 Å².